The Balaban J connectivity index is 1.21. The maximum Gasteiger partial charge on any atom is 0.231 e. The molecule has 2 bridgehead atoms. The van der Waals surface area contributed by atoms with E-state index in [-0.39, 0.29) is 5.92 Å². The molecule has 5 heteroatoms. The lowest BCUT2D eigenvalue weighted by atomic mass is 9.73. The second-order valence-corrected chi connectivity index (χ2v) is 13.5. The van der Waals surface area contributed by atoms with Crippen LogP contribution in [0.4, 0.5) is 0 Å². The summed E-state index contributed by atoms with van der Waals surface area (Å²) in [5.74, 6) is 2.57. The fourth-order valence-electron chi connectivity index (χ4n) is 7.68. The van der Waals surface area contributed by atoms with E-state index in [4.69, 9.17) is 9.40 Å². The Morgan fingerprint density at radius 3 is 2.31 bits per heavy atom. The number of quaternary nitrogens is 1. The molecular weight excluding hydrogens is 452 g/mol. The van der Waals surface area contributed by atoms with Crippen molar-refractivity contribution in [1.82, 2.24) is 4.98 Å². The largest absolute Gasteiger partial charge is 0.436 e. The van der Waals surface area contributed by atoms with Gasteiger partial charge in [-0.1, -0.05) is 68.9 Å². The maximum atomic E-state index is 12.2. The highest BCUT2D eigenvalue weighted by Gasteiger charge is 2.48. The smallest absolute Gasteiger partial charge is 0.231 e. The summed E-state index contributed by atoms with van der Waals surface area (Å²) >= 11 is 2.34. The summed E-state index contributed by atoms with van der Waals surface area (Å²) < 4.78 is 7.66. The molecule has 2 aromatic rings. The lowest BCUT2D eigenvalue weighted by molar-refractivity contribution is -0.954. The van der Waals surface area contributed by atoms with Gasteiger partial charge in [0.25, 0.3) is 0 Å². The molecule has 4 nitrogen and oxygen atoms in total. The van der Waals surface area contributed by atoms with E-state index in [2.05, 4.69) is 11.8 Å². The highest BCUT2D eigenvalue weighted by Crippen LogP contribution is 2.46. The number of hydrogen-bond acceptors (Lipinski definition) is 4. The van der Waals surface area contributed by atoms with Crippen molar-refractivity contribution >= 4 is 11.8 Å². The maximum absolute atomic E-state index is 12.2. The molecule has 4 heterocycles. The molecule has 5 aliphatic rings. The molecule has 1 aromatic carbocycles. The standard InChI is InChI=1S/C30H43N2O2S/c33-30(24-10-4-1-5-11-24,25-12-6-2-7-13-25)29-31-20-26(34-29)21-32-18-16-23(17-19-32)28(22-32)35-27-14-8-3-9-15-27/h1,4-5,10-11,20,23,25,27-28,33H,2-3,6-9,12-19,21-22H2/q+1/t23?,28-,30-,32?/m0/s1. The molecule has 1 aromatic heterocycles. The molecule has 0 amide bonds. The van der Waals surface area contributed by atoms with Gasteiger partial charge < -0.3 is 14.0 Å². The van der Waals surface area contributed by atoms with E-state index in [1.807, 2.05) is 36.5 Å². The number of piperidine rings is 3. The number of fused-ring (bicyclic) bond motifs is 3. The second-order valence-electron chi connectivity index (χ2n) is 12.0. The van der Waals surface area contributed by atoms with E-state index < -0.39 is 5.60 Å². The minimum Gasteiger partial charge on any atom is -0.436 e. The fraction of sp³-hybridized carbons (Fsp3) is 0.700. The van der Waals surface area contributed by atoms with E-state index in [1.165, 1.54) is 83.8 Å². The van der Waals surface area contributed by atoms with Crippen molar-refractivity contribution in [2.24, 2.45) is 11.8 Å². The molecule has 2 atom stereocenters. The number of rotatable bonds is 7. The average Bonchev–Trinajstić information content (AvgIpc) is 3.39. The van der Waals surface area contributed by atoms with Crippen LogP contribution in [-0.2, 0) is 12.1 Å². The Bertz CT molecular complexity index is 958. The summed E-state index contributed by atoms with van der Waals surface area (Å²) in [4.78, 5) is 4.76. The number of thioether (sulfide) groups is 1. The number of benzene rings is 1. The normalized spacial score (nSPS) is 31.9. The van der Waals surface area contributed by atoms with Crippen LogP contribution >= 0.6 is 11.8 Å². The van der Waals surface area contributed by atoms with Gasteiger partial charge >= 0.3 is 0 Å². The summed E-state index contributed by atoms with van der Waals surface area (Å²) in [6.45, 7) is 4.76. The van der Waals surface area contributed by atoms with Gasteiger partial charge in [-0.3, -0.25) is 0 Å². The van der Waals surface area contributed by atoms with Crippen LogP contribution < -0.4 is 0 Å². The van der Waals surface area contributed by atoms with Crippen LogP contribution in [0.15, 0.2) is 40.9 Å². The molecule has 0 spiro atoms. The molecule has 3 saturated heterocycles. The van der Waals surface area contributed by atoms with Gasteiger partial charge in [-0.2, -0.15) is 0 Å². The monoisotopic (exact) mass is 495 g/mol. The Hall–Kier alpha value is -1.30. The van der Waals surface area contributed by atoms with Gasteiger partial charge in [0.05, 0.1) is 31.1 Å². The van der Waals surface area contributed by atoms with Crippen LogP contribution in [0.2, 0.25) is 0 Å². The molecule has 7 rings (SSSR count). The highest BCUT2D eigenvalue weighted by molar-refractivity contribution is 8.00. The van der Waals surface area contributed by atoms with Gasteiger partial charge in [-0.25, -0.2) is 4.98 Å². The second kappa shape index (κ2) is 10.2. The van der Waals surface area contributed by atoms with Crippen LogP contribution in [0.3, 0.4) is 0 Å². The van der Waals surface area contributed by atoms with Gasteiger partial charge in [0, 0.05) is 24.0 Å². The van der Waals surface area contributed by atoms with E-state index in [0.717, 1.165) is 51.6 Å². The molecule has 190 valence electrons. The Morgan fingerprint density at radius 2 is 1.60 bits per heavy atom. The van der Waals surface area contributed by atoms with Crippen LogP contribution in [0, 0.1) is 11.8 Å². The third-order valence-corrected chi connectivity index (χ3v) is 11.5. The third-order valence-electron chi connectivity index (χ3n) is 9.74. The van der Waals surface area contributed by atoms with E-state index >= 15 is 0 Å². The zero-order valence-electron chi connectivity index (χ0n) is 21.2. The summed E-state index contributed by atoms with van der Waals surface area (Å²) in [6, 6.07) is 10.1. The Kier molecular flexibility index (Phi) is 7.03. The van der Waals surface area contributed by atoms with Gasteiger partial charge in [0.1, 0.15) is 6.54 Å². The summed E-state index contributed by atoms with van der Waals surface area (Å²) in [7, 11) is 0. The number of oxazole rings is 1. The molecular formula is C30H43N2O2S+. The fourth-order valence-corrected chi connectivity index (χ4v) is 9.68. The minimum atomic E-state index is -1.13. The van der Waals surface area contributed by atoms with Crippen LogP contribution in [0.25, 0.3) is 0 Å². The minimum absolute atomic E-state index is 0.166. The van der Waals surface area contributed by atoms with Crippen molar-refractivity contribution in [3.63, 3.8) is 0 Å². The number of aliphatic hydroxyl groups is 1. The highest BCUT2D eigenvalue weighted by atomic mass is 32.2. The first kappa shape index (κ1) is 24.1. The number of nitrogens with zero attached hydrogens (tertiary/aromatic N) is 2. The molecule has 35 heavy (non-hydrogen) atoms. The summed E-state index contributed by atoms with van der Waals surface area (Å²) in [6.07, 6.45) is 17.5. The van der Waals surface area contributed by atoms with E-state index in [1.54, 1.807) is 0 Å². The van der Waals surface area contributed by atoms with Crippen LogP contribution in [0.1, 0.15) is 94.3 Å². The van der Waals surface area contributed by atoms with Gasteiger partial charge in [0.15, 0.2) is 11.4 Å². The van der Waals surface area contributed by atoms with Crippen molar-refractivity contribution in [3.8, 4) is 0 Å². The molecule has 3 aliphatic heterocycles. The zero-order valence-corrected chi connectivity index (χ0v) is 22.1. The van der Waals surface area contributed by atoms with E-state index in [9.17, 15) is 5.11 Å². The van der Waals surface area contributed by atoms with Crippen molar-refractivity contribution in [3.05, 3.63) is 53.7 Å². The topological polar surface area (TPSA) is 46.3 Å². The molecule has 2 saturated carbocycles. The Morgan fingerprint density at radius 1 is 0.914 bits per heavy atom. The first-order valence-electron chi connectivity index (χ1n) is 14.4. The van der Waals surface area contributed by atoms with Gasteiger partial charge in [-0.15, -0.1) is 11.8 Å². The van der Waals surface area contributed by atoms with E-state index in [0.29, 0.717) is 5.89 Å². The van der Waals surface area contributed by atoms with Gasteiger partial charge in [-0.05, 0) is 37.2 Å². The van der Waals surface area contributed by atoms with Crippen molar-refractivity contribution < 1.29 is 14.0 Å². The quantitative estimate of drug-likeness (QED) is 0.436. The predicted molar refractivity (Wildman–Crippen MR) is 142 cm³/mol. The number of hydrogen-bond donors (Lipinski definition) is 1. The van der Waals surface area contributed by atoms with Crippen LogP contribution in [0.5, 0.6) is 0 Å². The molecule has 1 N–H and O–H groups in total. The zero-order chi connectivity index (χ0) is 23.7. The first-order valence-corrected chi connectivity index (χ1v) is 15.3. The first-order chi connectivity index (χ1) is 17.1. The molecule has 5 fully saturated rings. The Labute approximate surface area is 215 Å². The summed E-state index contributed by atoms with van der Waals surface area (Å²) in [5.41, 5.74) is -0.205. The SMILES string of the molecule is O[C@](c1ccccc1)(c1ncc(C[N+]23CCC(CC2)[C@@H](SC2CCCCC2)C3)o1)C1CCCCC1. The third kappa shape index (κ3) is 4.85. The van der Waals surface area contributed by atoms with Crippen LogP contribution in [-0.4, -0.2) is 44.7 Å². The molecule has 0 radical (unpaired) electrons. The molecule has 0 unspecified atom stereocenters. The van der Waals surface area contributed by atoms with Crippen molar-refractivity contribution in [2.75, 3.05) is 19.6 Å². The summed E-state index contributed by atoms with van der Waals surface area (Å²) in [5, 5.41) is 13.9. The predicted octanol–water partition coefficient (Wildman–Crippen LogP) is 6.67. The average molecular weight is 496 g/mol. The number of aromatic nitrogens is 1. The van der Waals surface area contributed by atoms with Crippen molar-refractivity contribution in [2.45, 2.75) is 99.7 Å². The lowest BCUT2D eigenvalue weighted by Crippen LogP contribution is -2.62. The van der Waals surface area contributed by atoms with Crippen molar-refractivity contribution in [1.29, 1.82) is 0 Å². The lowest BCUT2D eigenvalue weighted by Gasteiger charge is -2.52. The van der Waals surface area contributed by atoms with Gasteiger partial charge in [0.2, 0.25) is 5.89 Å². The molecule has 2 aliphatic carbocycles.